The van der Waals surface area contributed by atoms with Gasteiger partial charge in [-0.2, -0.15) is 0 Å². The van der Waals surface area contributed by atoms with Gasteiger partial charge in [0.15, 0.2) is 0 Å². The monoisotopic (exact) mass is 308 g/mol. The maximum atomic E-state index is 12.4. The third kappa shape index (κ3) is 3.78. The fourth-order valence-electron chi connectivity index (χ4n) is 3.56. The molecule has 2 saturated heterocycles. The number of halogens is 1. The Labute approximate surface area is 133 Å². The Kier molecular flexibility index (Phi) is 5.65. The van der Waals surface area contributed by atoms with E-state index in [9.17, 15) is 4.79 Å². The minimum absolute atomic E-state index is 0. The molecule has 2 atom stereocenters. The maximum Gasteiger partial charge on any atom is 0.222 e. The van der Waals surface area contributed by atoms with Crippen molar-refractivity contribution >= 4 is 18.3 Å². The van der Waals surface area contributed by atoms with Gasteiger partial charge in [0, 0.05) is 25.6 Å². The van der Waals surface area contributed by atoms with E-state index >= 15 is 0 Å². The molecule has 3 nitrogen and oxygen atoms in total. The molecule has 116 valence electrons. The number of carbonyl (C=O) groups excluding carboxylic acids is 1. The molecule has 1 aromatic carbocycles. The summed E-state index contributed by atoms with van der Waals surface area (Å²) >= 11 is 0. The van der Waals surface area contributed by atoms with E-state index in [0.717, 1.165) is 32.5 Å². The zero-order chi connectivity index (χ0) is 13.9. The Morgan fingerprint density at radius 2 is 2.14 bits per heavy atom. The molecule has 0 bridgehead atoms. The molecular weight excluding hydrogens is 284 g/mol. The molecule has 2 fully saturated rings. The average Bonchev–Trinajstić information content (AvgIpc) is 2.93. The molecule has 1 N–H and O–H groups in total. The molecule has 2 unspecified atom stereocenters. The molecule has 1 aromatic rings. The molecule has 21 heavy (non-hydrogen) atoms. The number of likely N-dealkylation sites (tertiary alicyclic amines) is 1. The predicted molar refractivity (Wildman–Crippen MR) is 87.8 cm³/mol. The lowest BCUT2D eigenvalue weighted by atomic mass is 9.93. The normalized spacial score (nSPS) is 24.3. The Hall–Kier alpha value is -1.06. The topological polar surface area (TPSA) is 32.3 Å². The van der Waals surface area contributed by atoms with Crippen LogP contribution in [0.3, 0.4) is 0 Å². The molecule has 0 saturated carbocycles. The third-order valence-electron chi connectivity index (χ3n) is 4.88. The number of piperidine rings is 1. The highest BCUT2D eigenvalue weighted by atomic mass is 35.5. The summed E-state index contributed by atoms with van der Waals surface area (Å²) in [5, 5.41) is 3.55. The highest BCUT2D eigenvalue weighted by molar-refractivity contribution is 5.85. The summed E-state index contributed by atoms with van der Waals surface area (Å²) in [5.74, 6) is 1.02. The zero-order valence-electron chi connectivity index (χ0n) is 12.7. The van der Waals surface area contributed by atoms with E-state index in [1.807, 2.05) is 0 Å². The van der Waals surface area contributed by atoms with Crippen molar-refractivity contribution in [2.75, 3.05) is 19.6 Å². The van der Waals surface area contributed by atoms with Crippen molar-refractivity contribution in [3.8, 4) is 0 Å². The molecule has 2 aliphatic heterocycles. The van der Waals surface area contributed by atoms with E-state index in [-0.39, 0.29) is 12.4 Å². The highest BCUT2D eigenvalue weighted by Crippen LogP contribution is 2.25. The van der Waals surface area contributed by atoms with Crippen LogP contribution in [0.2, 0.25) is 0 Å². The van der Waals surface area contributed by atoms with Crippen LogP contribution in [0.5, 0.6) is 0 Å². The van der Waals surface area contributed by atoms with Crippen molar-refractivity contribution in [1.29, 1.82) is 0 Å². The number of fused-ring (bicyclic) bond motifs is 1. The third-order valence-corrected chi connectivity index (χ3v) is 4.88. The van der Waals surface area contributed by atoms with Crippen LogP contribution in [0, 0.1) is 12.8 Å². The van der Waals surface area contributed by atoms with Crippen LogP contribution in [0.25, 0.3) is 0 Å². The van der Waals surface area contributed by atoms with Crippen molar-refractivity contribution in [3.63, 3.8) is 0 Å². The molecule has 0 radical (unpaired) electrons. The number of benzene rings is 1. The fourth-order valence-corrected chi connectivity index (χ4v) is 3.56. The number of aryl methyl sites for hydroxylation is 2. The van der Waals surface area contributed by atoms with Crippen LogP contribution >= 0.6 is 12.4 Å². The van der Waals surface area contributed by atoms with Crippen LogP contribution in [0.15, 0.2) is 24.3 Å². The number of hydrogen-bond acceptors (Lipinski definition) is 2. The fraction of sp³-hybridized carbons (Fsp3) is 0.588. The predicted octanol–water partition coefficient (Wildman–Crippen LogP) is 2.56. The number of amides is 1. The van der Waals surface area contributed by atoms with E-state index in [1.54, 1.807) is 0 Å². The summed E-state index contributed by atoms with van der Waals surface area (Å²) in [5.41, 5.74) is 2.59. The number of carbonyl (C=O) groups is 1. The summed E-state index contributed by atoms with van der Waals surface area (Å²) < 4.78 is 0. The second-order valence-electron chi connectivity index (χ2n) is 6.16. The Morgan fingerprint density at radius 1 is 1.33 bits per heavy atom. The number of nitrogens with one attached hydrogen (secondary N) is 1. The largest absolute Gasteiger partial charge is 0.342 e. The van der Waals surface area contributed by atoms with Gasteiger partial charge in [0.2, 0.25) is 5.91 Å². The molecule has 2 heterocycles. The summed E-state index contributed by atoms with van der Waals surface area (Å²) in [6.45, 7) is 5.14. The van der Waals surface area contributed by atoms with Crippen LogP contribution in [-0.2, 0) is 11.2 Å². The second kappa shape index (κ2) is 7.28. The van der Waals surface area contributed by atoms with Crippen molar-refractivity contribution in [2.45, 2.75) is 38.6 Å². The van der Waals surface area contributed by atoms with Crippen molar-refractivity contribution in [1.82, 2.24) is 10.2 Å². The van der Waals surface area contributed by atoms with Gasteiger partial charge in [-0.15, -0.1) is 12.4 Å². The lowest BCUT2D eigenvalue weighted by Crippen LogP contribution is -2.46. The van der Waals surface area contributed by atoms with Gasteiger partial charge in [-0.1, -0.05) is 24.3 Å². The first kappa shape index (κ1) is 16.3. The Morgan fingerprint density at radius 3 is 2.95 bits per heavy atom. The van der Waals surface area contributed by atoms with Gasteiger partial charge in [0.05, 0.1) is 0 Å². The Balaban J connectivity index is 0.00000161. The quantitative estimate of drug-likeness (QED) is 0.931. The first-order valence-corrected chi connectivity index (χ1v) is 7.79. The molecular formula is C17H25ClN2O. The van der Waals surface area contributed by atoms with Crippen molar-refractivity contribution < 1.29 is 4.79 Å². The van der Waals surface area contributed by atoms with Crippen LogP contribution in [0.4, 0.5) is 0 Å². The van der Waals surface area contributed by atoms with Crippen LogP contribution in [0.1, 0.15) is 30.4 Å². The maximum absolute atomic E-state index is 12.4. The zero-order valence-corrected chi connectivity index (χ0v) is 13.5. The first-order valence-electron chi connectivity index (χ1n) is 7.79. The molecule has 1 amide bonds. The van der Waals surface area contributed by atoms with E-state index in [1.165, 1.54) is 17.5 Å². The number of nitrogens with zero attached hydrogens (tertiary/aromatic N) is 1. The van der Waals surface area contributed by atoms with Crippen LogP contribution < -0.4 is 5.32 Å². The molecule has 2 aliphatic rings. The molecule has 0 aromatic heterocycles. The standard InChI is InChI=1S/C17H24N2O.ClH/c1-13-4-2-3-5-14(13)6-7-17(20)19-11-9-16-15(12-19)8-10-18-16;/h2-5,15-16,18H,6-12H2,1H3;1H. The van der Waals surface area contributed by atoms with Gasteiger partial charge in [0.25, 0.3) is 0 Å². The van der Waals surface area contributed by atoms with Gasteiger partial charge in [0.1, 0.15) is 0 Å². The summed E-state index contributed by atoms with van der Waals surface area (Å²) in [4.78, 5) is 14.5. The van der Waals surface area contributed by atoms with Crippen molar-refractivity contribution in [2.24, 2.45) is 5.92 Å². The number of rotatable bonds is 3. The average molecular weight is 309 g/mol. The first-order chi connectivity index (χ1) is 9.74. The van der Waals surface area contributed by atoms with Gasteiger partial charge in [-0.05, 0) is 49.8 Å². The minimum atomic E-state index is 0. The lowest BCUT2D eigenvalue weighted by molar-refractivity contribution is -0.133. The summed E-state index contributed by atoms with van der Waals surface area (Å²) in [6, 6.07) is 9.03. The smallest absolute Gasteiger partial charge is 0.222 e. The van der Waals surface area contributed by atoms with Crippen LogP contribution in [-0.4, -0.2) is 36.5 Å². The van der Waals surface area contributed by atoms with Gasteiger partial charge in [-0.25, -0.2) is 0 Å². The summed E-state index contributed by atoms with van der Waals surface area (Å²) in [6.07, 6.45) is 3.87. The molecule has 4 heteroatoms. The SMILES string of the molecule is Cc1ccccc1CCC(=O)N1CCC2NCCC2C1.Cl. The number of hydrogen-bond donors (Lipinski definition) is 1. The van der Waals surface area contributed by atoms with E-state index in [0.29, 0.717) is 24.3 Å². The molecule has 0 aliphatic carbocycles. The van der Waals surface area contributed by atoms with E-state index in [4.69, 9.17) is 0 Å². The molecule has 3 rings (SSSR count). The van der Waals surface area contributed by atoms with Crippen molar-refractivity contribution in [3.05, 3.63) is 35.4 Å². The molecule has 0 spiro atoms. The van der Waals surface area contributed by atoms with Gasteiger partial charge in [-0.3, -0.25) is 4.79 Å². The highest BCUT2D eigenvalue weighted by Gasteiger charge is 2.33. The lowest BCUT2D eigenvalue weighted by Gasteiger charge is -2.35. The van der Waals surface area contributed by atoms with E-state index in [2.05, 4.69) is 41.4 Å². The van der Waals surface area contributed by atoms with E-state index < -0.39 is 0 Å². The second-order valence-corrected chi connectivity index (χ2v) is 6.16. The summed E-state index contributed by atoms with van der Waals surface area (Å²) in [7, 11) is 0. The van der Waals surface area contributed by atoms with Gasteiger partial charge < -0.3 is 10.2 Å². The Bertz CT molecular complexity index is 491. The van der Waals surface area contributed by atoms with Gasteiger partial charge >= 0.3 is 0 Å². The minimum Gasteiger partial charge on any atom is -0.342 e.